The minimum atomic E-state index is -0.522. The number of rotatable bonds is 6. The van der Waals surface area contributed by atoms with Gasteiger partial charge in [-0.1, -0.05) is 0 Å². The van der Waals surface area contributed by atoms with Gasteiger partial charge in [-0.15, -0.1) is 0 Å². The highest BCUT2D eigenvalue weighted by atomic mass is 16.6. The van der Waals surface area contributed by atoms with Gasteiger partial charge in [0.1, 0.15) is 17.2 Å². The maximum absolute atomic E-state index is 11.7. The SMILES string of the molecule is COc1ccc(OCC(=O)Oc2ccc(C(C)=O)cc2)cc1. The van der Waals surface area contributed by atoms with Crippen LogP contribution in [0.25, 0.3) is 0 Å². The van der Waals surface area contributed by atoms with Crippen molar-refractivity contribution in [3.8, 4) is 17.2 Å². The number of carbonyl (C=O) groups is 2. The van der Waals surface area contributed by atoms with Crippen LogP contribution < -0.4 is 14.2 Å². The Morgan fingerprint density at radius 3 is 1.95 bits per heavy atom. The lowest BCUT2D eigenvalue weighted by molar-refractivity contribution is -0.136. The van der Waals surface area contributed by atoms with Crippen molar-refractivity contribution in [3.63, 3.8) is 0 Å². The summed E-state index contributed by atoms with van der Waals surface area (Å²) in [5.41, 5.74) is 0.564. The van der Waals surface area contributed by atoms with Gasteiger partial charge in [0, 0.05) is 5.56 Å². The summed E-state index contributed by atoms with van der Waals surface area (Å²) in [7, 11) is 1.57. The number of methoxy groups -OCH3 is 1. The van der Waals surface area contributed by atoms with E-state index in [9.17, 15) is 9.59 Å². The van der Waals surface area contributed by atoms with Gasteiger partial charge in [-0.3, -0.25) is 4.79 Å². The van der Waals surface area contributed by atoms with E-state index in [2.05, 4.69) is 0 Å². The summed E-state index contributed by atoms with van der Waals surface area (Å²) in [6, 6.07) is 13.2. The summed E-state index contributed by atoms with van der Waals surface area (Å²) < 4.78 is 15.5. The zero-order valence-electron chi connectivity index (χ0n) is 12.4. The predicted molar refractivity (Wildman–Crippen MR) is 80.6 cm³/mol. The Morgan fingerprint density at radius 2 is 1.41 bits per heavy atom. The molecule has 5 heteroatoms. The molecule has 5 nitrogen and oxygen atoms in total. The standard InChI is InChI=1S/C17H16O5/c1-12(18)13-3-5-16(6-4-13)22-17(19)11-21-15-9-7-14(20-2)8-10-15/h3-10H,11H2,1-2H3. The van der Waals surface area contributed by atoms with Gasteiger partial charge in [0.2, 0.25) is 0 Å². The summed E-state index contributed by atoms with van der Waals surface area (Å²) in [6.07, 6.45) is 0. The number of esters is 1. The van der Waals surface area contributed by atoms with E-state index in [1.807, 2.05) is 0 Å². The van der Waals surface area contributed by atoms with Crippen LogP contribution in [0.15, 0.2) is 48.5 Å². The number of ether oxygens (including phenoxy) is 3. The largest absolute Gasteiger partial charge is 0.497 e. The minimum absolute atomic E-state index is 0.0410. The number of ketones is 1. The van der Waals surface area contributed by atoms with Crippen LogP contribution in [-0.4, -0.2) is 25.5 Å². The van der Waals surface area contributed by atoms with Crippen molar-refractivity contribution < 1.29 is 23.8 Å². The number of benzene rings is 2. The Bertz CT molecular complexity index is 644. The van der Waals surface area contributed by atoms with Gasteiger partial charge in [-0.25, -0.2) is 4.79 Å². The van der Waals surface area contributed by atoms with Crippen LogP contribution in [0.4, 0.5) is 0 Å². The average Bonchev–Trinajstić information content (AvgIpc) is 2.54. The van der Waals surface area contributed by atoms with Crippen molar-refractivity contribution in [2.45, 2.75) is 6.92 Å². The molecule has 0 spiro atoms. The first kappa shape index (κ1) is 15.6. The topological polar surface area (TPSA) is 61.8 Å². The molecule has 0 heterocycles. The predicted octanol–water partition coefficient (Wildman–Crippen LogP) is 2.88. The molecule has 22 heavy (non-hydrogen) atoms. The van der Waals surface area contributed by atoms with Gasteiger partial charge in [0.15, 0.2) is 12.4 Å². The molecule has 0 atom stereocenters. The van der Waals surface area contributed by atoms with Crippen LogP contribution in [0.2, 0.25) is 0 Å². The molecule has 0 unspecified atom stereocenters. The fourth-order valence-corrected chi connectivity index (χ4v) is 1.73. The molecule has 0 bridgehead atoms. The number of hydrogen-bond donors (Lipinski definition) is 0. The van der Waals surface area contributed by atoms with Crippen molar-refractivity contribution in [1.29, 1.82) is 0 Å². The molecule has 2 aromatic carbocycles. The second-order valence-corrected chi connectivity index (χ2v) is 4.52. The summed E-state index contributed by atoms with van der Waals surface area (Å²) in [5, 5.41) is 0. The van der Waals surface area contributed by atoms with Gasteiger partial charge in [0.25, 0.3) is 0 Å². The monoisotopic (exact) mass is 300 g/mol. The van der Waals surface area contributed by atoms with E-state index in [0.717, 1.165) is 0 Å². The third-order valence-corrected chi connectivity index (χ3v) is 2.91. The molecule has 0 aromatic heterocycles. The minimum Gasteiger partial charge on any atom is -0.497 e. The lowest BCUT2D eigenvalue weighted by atomic mass is 10.1. The Labute approximate surface area is 128 Å². The van der Waals surface area contributed by atoms with Gasteiger partial charge < -0.3 is 14.2 Å². The molecule has 0 aliphatic carbocycles. The lowest BCUT2D eigenvalue weighted by Gasteiger charge is -2.07. The molecule has 0 amide bonds. The highest BCUT2D eigenvalue weighted by molar-refractivity contribution is 5.94. The normalized spacial score (nSPS) is 9.91. The summed E-state index contributed by atoms with van der Waals surface area (Å²) >= 11 is 0. The zero-order chi connectivity index (χ0) is 15.9. The van der Waals surface area contributed by atoms with Gasteiger partial charge in [0.05, 0.1) is 7.11 Å². The molecule has 0 aliphatic heterocycles. The Hall–Kier alpha value is -2.82. The molecular formula is C17H16O5. The average molecular weight is 300 g/mol. The Kier molecular flexibility index (Phi) is 5.14. The van der Waals surface area contributed by atoms with E-state index in [0.29, 0.717) is 22.8 Å². The van der Waals surface area contributed by atoms with E-state index in [1.54, 1.807) is 55.6 Å². The Balaban J connectivity index is 1.85. The van der Waals surface area contributed by atoms with E-state index in [4.69, 9.17) is 14.2 Å². The van der Waals surface area contributed by atoms with Gasteiger partial charge >= 0.3 is 5.97 Å². The van der Waals surface area contributed by atoms with Crippen molar-refractivity contribution in [1.82, 2.24) is 0 Å². The van der Waals surface area contributed by atoms with E-state index in [1.165, 1.54) is 6.92 Å². The quantitative estimate of drug-likeness (QED) is 0.466. The summed E-state index contributed by atoms with van der Waals surface area (Å²) in [4.78, 5) is 22.8. The third-order valence-electron chi connectivity index (χ3n) is 2.91. The smallest absolute Gasteiger partial charge is 0.349 e. The molecule has 2 rings (SSSR count). The van der Waals surface area contributed by atoms with E-state index >= 15 is 0 Å². The highest BCUT2D eigenvalue weighted by Gasteiger charge is 2.07. The molecule has 0 radical (unpaired) electrons. The van der Waals surface area contributed by atoms with Crippen LogP contribution in [0, 0.1) is 0 Å². The fourth-order valence-electron chi connectivity index (χ4n) is 1.73. The first-order valence-corrected chi connectivity index (χ1v) is 6.67. The zero-order valence-corrected chi connectivity index (χ0v) is 12.4. The molecule has 0 N–H and O–H groups in total. The third kappa shape index (κ3) is 4.34. The van der Waals surface area contributed by atoms with Crippen molar-refractivity contribution in [2.75, 3.05) is 13.7 Å². The first-order valence-electron chi connectivity index (χ1n) is 6.67. The maximum atomic E-state index is 11.7. The fraction of sp³-hybridized carbons (Fsp3) is 0.176. The molecule has 0 fully saturated rings. The molecule has 114 valence electrons. The maximum Gasteiger partial charge on any atom is 0.349 e. The van der Waals surface area contributed by atoms with Crippen molar-refractivity contribution in [2.24, 2.45) is 0 Å². The van der Waals surface area contributed by atoms with Crippen LogP contribution in [0.1, 0.15) is 17.3 Å². The summed E-state index contributed by atoms with van der Waals surface area (Å²) in [6.45, 7) is 1.27. The molecular weight excluding hydrogens is 284 g/mol. The van der Waals surface area contributed by atoms with Gasteiger partial charge in [-0.05, 0) is 55.5 Å². The second kappa shape index (κ2) is 7.26. The first-order chi connectivity index (χ1) is 10.6. The second-order valence-electron chi connectivity index (χ2n) is 4.52. The Morgan fingerprint density at radius 1 is 0.864 bits per heavy atom. The molecule has 0 saturated heterocycles. The number of carbonyl (C=O) groups excluding carboxylic acids is 2. The van der Waals surface area contributed by atoms with Crippen LogP contribution >= 0.6 is 0 Å². The van der Waals surface area contributed by atoms with Crippen molar-refractivity contribution >= 4 is 11.8 Å². The van der Waals surface area contributed by atoms with E-state index in [-0.39, 0.29) is 12.4 Å². The molecule has 0 aliphatic rings. The van der Waals surface area contributed by atoms with Crippen LogP contribution in [0.3, 0.4) is 0 Å². The molecule has 0 saturated carbocycles. The molecule has 2 aromatic rings. The van der Waals surface area contributed by atoms with Gasteiger partial charge in [-0.2, -0.15) is 0 Å². The van der Waals surface area contributed by atoms with Crippen LogP contribution in [0.5, 0.6) is 17.2 Å². The summed E-state index contributed by atoms with van der Waals surface area (Å²) in [5.74, 6) is 1.06. The number of hydrogen-bond acceptors (Lipinski definition) is 5. The lowest BCUT2D eigenvalue weighted by Crippen LogP contribution is -2.17. The highest BCUT2D eigenvalue weighted by Crippen LogP contribution is 2.17. The van der Waals surface area contributed by atoms with E-state index < -0.39 is 5.97 Å². The van der Waals surface area contributed by atoms with Crippen molar-refractivity contribution in [3.05, 3.63) is 54.1 Å². The van der Waals surface area contributed by atoms with Crippen LogP contribution in [-0.2, 0) is 4.79 Å². The number of Topliss-reactive ketones (excluding diaryl/α,β-unsaturated/α-hetero) is 1.